The van der Waals surface area contributed by atoms with E-state index in [9.17, 15) is 0 Å². The van der Waals surface area contributed by atoms with E-state index < -0.39 is 0 Å². The summed E-state index contributed by atoms with van der Waals surface area (Å²) < 4.78 is 8.93. The Bertz CT molecular complexity index is 2500. The summed E-state index contributed by atoms with van der Waals surface area (Å²) in [7, 11) is 0. The minimum atomic E-state index is 0.637. The van der Waals surface area contributed by atoms with Crippen molar-refractivity contribution in [2.45, 2.75) is 0 Å². The Morgan fingerprint density at radius 3 is 1.98 bits per heavy atom. The lowest BCUT2D eigenvalue weighted by Crippen LogP contribution is -2.10. The van der Waals surface area contributed by atoms with Gasteiger partial charge in [0.1, 0.15) is 5.52 Å². The lowest BCUT2D eigenvalue weighted by atomic mass is 10.0. The highest BCUT2D eigenvalue weighted by Gasteiger charge is 2.18. The van der Waals surface area contributed by atoms with Crippen LogP contribution in [0.3, 0.4) is 0 Å². The van der Waals surface area contributed by atoms with Gasteiger partial charge in [0.05, 0.1) is 0 Å². The summed E-state index contributed by atoms with van der Waals surface area (Å²) in [4.78, 5) is 7.15. The molecule has 0 unspecified atom stereocenters. The Hall–Kier alpha value is -5.71. The van der Waals surface area contributed by atoms with Crippen molar-refractivity contribution in [2.75, 3.05) is 4.90 Å². The lowest BCUT2D eigenvalue weighted by molar-refractivity contribution is 0.623. The van der Waals surface area contributed by atoms with Crippen molar-refractivity contribution in [3.63, 3.8) is 0 Å². The van der Waals surface area contributed by atoms with Gasteiger partial charge in [0.15, 0.2) is 5.58 Å². The van der Waals surface area contributed by atoms with Crippen LogP contribution < -0.4 is 4.90 Å². The average molecular weight is 595 g/mol. The summed E-state index contributed by atoms with van der Waals surface area (Å²) in [5.41, 5.74) is 8.31. The van der Waals surface area contributed by atoms with Crippen LogP contribution >= 0.6 is 11.3 Å². The molecule has 212 valence electrons. The van der Waals surface area contributed by atoms with E-state index in [0.717, 1.165) is 44.5 Å². The van der Waals surface area contributed by atoms with Gasteiger partial charge in [-0.25, -0.2) is 4.98 Å². The summed E-state index contributed by atoms with van der Waals surface area (Å²) in [6.07, 6.45) is 0. The van der Waals surface area contributed by atoms with Crippen LogP contribution in [-0.2, 0) is 0 Å². The van der Waals surface area contributed by atoms with Crippen molar-refractivity contribution in [3.8, 4) is 22.6 Å². The highest BCUT2D eigenvalue weighted by molar-refractivity contribution is 7.25. The number of thiophene rings is 1. The zero-order chi connectivity index (χ0) is 29.7. The Labute approximate surface area is 264 Å². The number of fused-ring (bicyclic) bond motifs is 6. The van der Waals surface area contributed by atoms with E-state index in [1.807, 2.05) is 41.7 Å². The molecule has 0 saturated carbocycles. The molecule has 0 spiro atoms. The van der Waals surface area contributed by atoms with E-state index in [4.69, 9.17) is 9.40 Å². The first kappa shape index (κ1) is 25.8. The topological polar surface area (TPSA) is 29.3 Å². The molecule has 0 aliphatic rings. The molecular formula is C41H26N2OS. The highest BCUT2D eigenvalue weighted by atomic mass is 32.1. The van der Waals surface area contributed by atoms with E-state index in [0.29, 0.717) is 5.89 Å². The van der Waals surface area contributed by atoms with Crippen molar-refractivity contribution < 1.29 is 4.42 Å². The smallest absolute Gasteiger partial charge is 0.227 e. The monoisotopic (exact) mass is 594 g/mol. The molecule has 0 bridgehead atoms. The normalized spacial score (nSPS) is 11.6. The van der Waals surface area contributed by atoms with Crippen LogP contribution in [0.15, 0.2) is 162 Å². The van der Waals surface area contributed by atoms with Crippen LogP contribution in [0, 0.1) is 0 Å². The van der Waals surface area contributed by atoms with Crippen LogP contribution in [0.1, 0.15) is 0 Å². The molecule has 3 nitrogen and oxygen atoms in total. The number of nitrogens with zero attached hydrogens (tertiary/aromatic N) is 2. The Kier molecular flexibility index (Phi) is 6.00. The summed E-state index contributed by atoms with van der Waals surface area (Å²) in [5.74, 6) is 0.637. The van der Waals surface area contributed by atoms with Crippen LogP contribution in [0.25, 0.3) is 64.6 Å². The van der Waals surface area contributed by atoms with Gasteiger partial charge in [-0.1, -0.05) is 91.0 Å². The zero-order valence-corrected chi connectivity index (χ0v) is 25.0. The first-order valence-electron chi connectivity index (χ1n) is 15.0. The number of hydrogen-bond donors (Lipinski definition) is 0. The highest BCUT2D eigenvalue weighted by Crippen LogP contribution is 2.42. The molecule has 2 aromatic heterocycles. The SMILES string of the molecule is c1ccc(-c2cccc(N(c3ccc4c(ccc5nc(-c6ccccc6)oc54)c3)c3ccc4c(c3)sc3ccccc34)c2)cc1. The van der Waals surface area contributed by atoms with Gasteiger partial charge >= 0.3 is 0 Å². The third-order valence-electron chi connectivity index (χ3n) is 8.46. The number of aromatic nitrogens is 1. The van der Waals surface area contributed by atoms with Crippen LogP contribution in [0.4, 0.5) is 17.1 Å². The minimum Gasteiger partial charge on any atom is -0.435 e. The van der Waals surface area contributed by atoms with Crippen LogP contribution in [0.5, 0.6) is 0 Å². The van der Waals surface area contributed by atoms with Gasteiger partial charge in [-0.2, -0.15) is 0 Å². The molecule has 0 saturated heterocycles. The number of hydrogen-bond acceptors (Lipinski definition) is 4. The average Bonchev–Trinajstić information content (AvgIpc) is 3.71. The standard InChI is InChI=1S/C41H26N2OS/c1-3-10-27(11-4-1)29-14-9-15-31(24-29)43(33-20-22-36-35-16-7-8-17-38(35)45-39(36)26-33)32-19-21-34-30(25-32)18-23-37-40(34)44-41(42-37)28-12-5-2-6-13-28/h1-26H. The van der Waals surface area contributed by atoms with Gasteiger partial charge in [0.2, 0.25) is 5.89 Å². The maximum Gasteiger partial charge on any atom is 0.227 e. The summed E-state index contributed by atoms with van der Waals surface area (Å²) in [6.45, 7) is 0. The molecule has 0 aliphatic heterocycles. The fourth-order valence-electron chi connectivity index (χ4n) is 6.30. The maximum absolute atomic E-state index is 6.36. The molecule has 0 N–H and O–H groups in total. The third-order valence-corrected chi connectivity index (χ3v) is 9.60. The largest absolute Gasteiger partial charge is 0.435 e. The van der Waals surface area contributed by atoms with Crippen molar-refractivity contribution in [1.82, 2.24) is 4.98 Å². The number of benzene rings is 7. The first-order valence-corrected chi connectivity index (χ1v) is 15.9. The zero-order valence-electron chi connectivity index (χ0n) is 24.2. The van der Waals surface area contributed by atoms with Crippen molar-refractivity contribution >= 4 is 70.4 Å². The van der Waals surface area contributed by atoms with Gasteiger partial charge in [-0.05, 0) is 83.2 Å². The van der Waals surface area contributed by atoms with Crippen LogP contribution in [-0.4, -0.2) is 4.98 Å². The minimum absolute atomic E-state index is 0.637. The molecular weight excluding hydrogens is 569 g/mol. The molecule has 45 heavy (non-hydrogen) atoms. The van der Waals surface area contributed by atoms with Crippen molar-refractivity contribution in [3.05, 3.63) is 158 Å². The fraction of sp³-hybridized carbons (Fsp3) is 0. The predicted molar refractivity (Wildman–Crippen MR) is 190 cm³/mol. The molecule has 9 aromatic rings. The summed E-state index contributed by atoms with van der Waals surface area (Å²) >= 11 is 1.84. The molecule has 4 heteroatoms. The van der Waals surface area contributed by atoms with E-state index in [-0.39, 0.29) is 0 Å². The molecule has 0 radical (unpaired) electrons. The number of oxazole rings is 1. The van der Waals surface area contributed by atoms with Crippen LogP contribution in [0.2, 0.25) is 0 Å². The molecule has 9 rings (SSSR count). The van der Waals surface area contributed by atoms with Gasteiger partial charge in [-0.15, -0.1) is 11.3 Å². The van der Waals surface area contributed by atoms with E-state index in [1.165, 1.54) is 31.3 Å². The second kappa shape index (κ2) is 10.5. The Morgan fingerprint density at radius 2 is 1.13 bits per heavy atom. The predicted octanol–water partition coefficient (Wildman–Crippen LogP) is 12.2. The third kappa shape index (κ3) is 4.46. The van der Waals surface area contributed by atoms with Crippen molar-refractivity contribution in [2.24, 2.45) is 0 Å². The Morgan fingerprint density at radius 1 is 0.467 bits per heavy atom. The quantitative estimate of drug-likeness (QED) is 0.198. The van der Waals surface area contributed by atoms with Crippen molar-refractivity contribution in [1.29, 1.82) is 0 Å². The molecule has 0 atom stereocenters. The second-order valence-electron chi connectivity index (χ2n) is 11.2. The molecule has 0 fully saturated rings. The molecule has 7 aromatic carbocycles. The van der Waals surface area contributed by atoms with E-state index in [2.05, 4.69) is 132 Å². The van der Waals surface area contributed by atoms with Gasteiger partial charge in [0, 0.05) is 48.2 Å². The number of rotatable bonds is 5. The molecule has 0 amide bonds. The molecule has 0 aliphatic carbocycles. The summed E-state index contributed by atoms with van der Waals surface area (Å²) in [6, 6.07) is 55.7. The maximum atomic E-state index is 6.36. The first-order chi connectivity index (χ1) is 22.3. The van der Waals surface area contributed by atoms with Gasteiger partial charge in [-0.3, -0.25) is 0 Å². The van der Waals surface area contributed by atoms with E-state index in [1.54, 1.807) is 0 Å². The lowest BCUT2D eigenvalue weighted by Gasteiger charge is -2.26. The second-order valence-corrected chi connectivity index (χ2v) is 12.3. The molecule has 2 heterocycles. The Balaban J connectivity index is 1.22. The van der Waals surface area contributed by atoms with E-state index >= 15 is 0 Å². The fourth-order valence-corrected chi connectivity index (χ4v) is 7.44. The summed E-state index contributed by atoms with van der Waals surface area (Å²) in [5, 5.41) is 4.74. The van der Waals surface area contributed by atoms with Gasteiger partial charge < -0.3 is 9.32 Å². The number of anilines is 3. The van der Waals surface area contributed by atoms with Gasteiger partial charge in [0.25, 0.3) is 0 Å².